The molecule has 0 aromatic heterocycles. The Morgan fingerprint density at radius 1 is 1.30 bits per heavy atom. The molecule has 1 fully saturated rings. The van der Waals surface area contributed by atoms with E-state index in [-0.39, 0.29) is 0 Å². The van der Waals surface area contributed by atoms with Gasteiger partial charge in [-0.15, -0.1) is 0 Å². The summed E-state index contributed by atoms with van der Waals surface area (Å²) in [7, 11) is 0. The minimum absolute atomic E-state index is 0.444. The zero-order valence-corrected chi connectivity index (χ0v) is 6.66. The highest BCUT2D eigenvalue weighted by molar-refractivity contribution is 6.39. The Morgan fingerprint density at radius 2 is 1.90 bits per heavy atom. The first-order valence-corrected chi connectivity index (χ1v) is 4.05. The molecular weight excluding hydrogens is 148 g/mol. The second-order valence-electron chi connectivity index (χ2n) is 2.63. The van der Waals surface area contributed by atoms with Gasteiger partial charge in [0.1, 0.15) is 0 Å². The summed E-state index contributed by atoms with van der Waals surface area (Å²) < 4.78 is 0. The lowest BCUT2D eigenvalue weighted by atomic mass is 9.95. The van der Waals surface area contributed by atoms with E-state index in [0.717, 1.165) is 24.7 Å². The van der Waals surface area contributed by atoms with Crippen LogP contribution < -0.4 is 0 Å². The van der Waals surface area contributed by atoms with E-state index in [2.05, 4.69) is 0 Å². The average molecular weight is 159 g/mol. The third-order valence-electron chi connectivity index (χ3n) is 1.90. The van der Waals surface area contributed by atoms with Crippen molar-refractivity contribution in [3.63, 3.8) is 0 Å². The Hall–Kier alpha value is -0.300. The number of rotatable bonds is 1. The summed E-state index contributed by atoms with van der Waals surface area (Å²) in [6.45, 7) is 0. The third kappa shape index (κ3) is 1.84. The molecule has 1 rings (SSSR count). The van der Waals surface area contributed by atoms with E-state index in [4.69, 9.17) is 11.6 Å². The quantitative estimate of drug-likeness (QED) is 0.424. The van der Waals surface area contributed by atoms with Crippen molar-refractivity contribution >= 4 is 17.9 Å². The van der Waals surface area contributed by atoms with Crippen LogP contribution in [0.4, 0.5) is 0 Å². The van der Waals surface area contributed by atoms with Crippen molar-refractivity contribution in [3.05, 3.63) is 10.6 Å². The Balaban J connectivity index is 2.59. The summed E-state index contributed by atoms with van der Waals surface area (Å²) in [5.41, 5.74) is 1.16. The van der Waals surface area contributed by atoms with Gasteiger partial charge < -0.3 is 0 Å². The highest BCUT2D eigenvalue weighted by Crippen LogP contribution is 2.26. The number of carbonyl (C=O) groups excluding carboxylic acids is 1. The maximum Gasteiger partial charge on any atom is 0.161 e. The molecule has 0 spiro atoms. The molecule has 0 aliphatic heterocycles. The predicted octanol–water partition coefficient (Wildman–Crippen LogP) is 2.64. The molecule has 0 bridgehead atoms. The van der Waals surface area contributed by atoms with Crippen molar-refractivity contribution in [1.82, 2.24) is 0 Å². The number of carbonyl (C=O) groups is 1. The molecule has 1 nitrogen and oxygen atoms in total. The molecule has 0 N–H and O–H groups in total. The number of aldehydes is 1. The summed E-state index contributed by atoms with van der Waals surface area (Å²) >= 11 is 5.66. The fraction of sp³-hybridized carbons (Fsp3) is 0.625. The van der Waals surface area contributed by atoms with Crippen LogP contribution in [0.25, 0.3) is 0 Å². The van der Waals surface area contributed by atoms with Crippen LogP contribution in [0, 0.1) is 0 Å². The van der Waals surface area contributed by atoms with Gasteiger partial charge in [0.25, 0.3) is 0 Å². The smallest absolute Gasteiger partial charge is 0.161 e. The van der Waals surface area contributed by atoms with E-state index < -0.39 is 0 Å². The van der Waals surface area contributed by atoms with Crippen molar-refractivity contribution in [2.75, 3.05) is 0 Å². The van der Waals surface area contributed by atoms with Gasteiger partial charge in [-0.25, -0.2) is 0 Å². The highest BCUT2D eigenvalue weighted by atomic mass is 35.5. The molecule has 0 radical (unpaired) electrons. The maximum atomic E-state index is 10.2. The minimum Gasteiger partial charge on any atom is -0.297 e. The topological polar surface area (TPSA) is 17.1 Å². The summed E-state index contributed by atoms with van der Waals surface area (Å²) in [6.07, 6.45) is 6.47. The van der Waals surface area contributed by atoms with Gasteiger partial charge in [0.15, 0.2) is 6.29 Å². The van der Waals surface area contributed by atoms with E-state index in [1.54, 1.807) is 0 Å². The lowest BCUT2D eigenvalue weighted by Crippen LogP contribution is -1.96. The van der Waals surface area contributed by atoms with Crippen LogP contribution in [0.15, 0.2) is 10.6 Å². The van der Waals surface area contributed by atoms with Crippen LogP contribution in [0.3, 0.4) is 0 Å². The van der Waals surface area contributed by atoms with Gasteiger partial charge in [0.05, 0.1) is 5.03 Å². The van der Waals surface area contributed by atoms with E-state index >= 15 is 0 Å². The van der Waals surface area contributed by atoms with Crippen LogP contribution >= 0.6 is 11.6 Å². The third-order valence-corrected chi connectivity index (χ3v) is 2.25. The normalized spacial score (nSPS) is 18.7. The molecule has 0 aromatic carbocycles. The van der Waals surface area contributed by atoms with Crippen molar-refractivity contribution in [3.8, 4) is 0 Å². The molecule has 0 atom stereocenters. The molecule has 56 valence electrons. The second-order valence-corrected chi connectivity index (χ2v) is 3.04. The second kappa shape index (κ2) is 3.77. The minimum atomic E-state index is 0.444. The first-order chi connectivity index (χ1) is 4.84. The molecule has 1 aliphatic carbocycles. The molecular formula is C8H11ClO. The Bertz CT molecular complexity index is 153. The highest BCUT2D eigenvalue weighted by Gasteiger charge is 2.08. The molecule has 0 unspecified atom stereocenters. The van der Waals surface area contributed by atoms with E-state index in [0.29, 0.717) is 5.03 Å². The van der Waals surface area contributed by atoms with Gasteiger partial charge in [-0.2, -0.15) is 0 Å². The van der Waals surface area contributed by atoms with Crippen molar-refractivity contribution in [1.29, 1.82) is 0 Å². The summed E-state index contributed by atoms with van der Waals surface area (Å²) in [4.78, 5) is 10.2. The standard InChI is InChI=1S/C8H11ClO/c9-8(6-10)7-4-2-1-3-5-7/h6H,1-5H2. The number of hydrogen-bond donors (Lipinski definition) is 0. The first kappa shape index (κ1) is 7.80. The van der Waals surface area contributed by atoms with Crippen LogP contribution in [0.2, 0.25) is 0 Å². The molecule has 0 aromatic rings. The first-order valence-electron chi connectivity index (χ1n) is 3.67. The lowest BCUT2D eigenvalue weighted by molar-refractivity contribution is -0.104. The van der Waals surface area contributed by atoms with E-state index in [1.807, 2.05) is 0 Å². The van der Waals surface area contributed by atoms with Gasteiger partial charge in [-0.1, -0.05) is 18.0 Å². The van der Waals surface area contributed by atoms with Gasteiger partial charge in [0.2, 0.25) is 0 Å². The Morgan fingerprint density at radius 3 is 2.40 bits per heavy atom. The van der Waals surface area contributed by atoms with Crippen molar-refractivity contribution in [2.45, 2.75) is 32.1 Å². The molecule has 0 heterocycles. The van der Waals surface area contributed by atoms with E-state index in [9.17, 15) is 4.79 Å². The van der Waals surface area contributed by atoms with Gasteiger partial charge >= 0.3 is 0 Å². The fourth-order valence-corrected chi connectivity index (χ4v) is 1.49. The fourth-order valence-electron chi connectivity index (χ4n) is 1.30. The largest absolute Gasteiger partial charge is 0.297 e. The maximum absolute atomic E-state index is 10.2. The van der Waals surface area contributed by atoms with Gasteiger partial charge in [-0.3, -0.25) is 4.79 Å². The molecule has 0 saturated heterocycles. The summed E-state index contributed by atoms with van der Waals surface area (Å²) in [6, 6.07) is 0. The zero-order chi connectivity index (χ0) is 7.40. The van der Waals surface area contributed by atoms with Gasteiger partial charge in [0, 0.05) is 0 Å². The van der Waals surface area contributed by atoms with Crippen molar-refractivity contribution < 1.29 is 4.79 Å². The summed E-state index contributed by atoms with van der Waals surface area (Å²) in [5, 5.41) is 0.444. The molecule has 1 saturated carbocycles. The number of halogens is 1. The van der Waals surface area contributed by atoms with Crippen molar-refractivity contribution in [2.24, 2.45) is 0 Å². The molecule has 10 heavy (non-hydrogen) atoms. The molecule has 1 aliphatic rings. The average Bonchev–Trinajstić information content (AvgIpc) is 2.05. The van der Waals surface area contributed by atoms with Crippen LogP contribution in [-0.2, 0) is 4.79 Å². The number of allylic oxidation sites excluding steroid dienone is 2. The van der Waals surface area contributed by atoms with Crippen LogP contribution in [-0.4, -0.2) is 6.29 Å². The Labute approximate surface area is 66.1 Å². The summed E-state index contributed by atoms with van der Waals surface area (Å²) in [5.74, 6) is 0. The molecule has 2 heteroatoms. The van der Waals surface area contributed by atoms with Crippen LogP contribution in [0.5, 0.6) is 0 Å². The number of hydrogen-bond acceptors (Lipinski definition) is 1. The predicted molar refractivity (Wildman–Crippen MR) is 42.0 cm³/mol. The van der Waals surface area contributed by atoms with Crippen LogP contribution in [0.1, 0.15) is 32.1 Å². The SMILES string of the molecule is O=CC(Cl)=C1CCCCC1. The Kier molecular flexibility index (Phi) is 2.94. The molecule has 0 amide bonds. The zero-order valence-electron chi connectivity index (χ0n) is 5.90. The monoisotopic (exact) mass is 158 g/mol. The lowest BCUT2D eigenvalue weighted by Gasteiger charge is -2.13. The van der Waals surface area contributed by atoms with E-state index in [1.165, 1.54) is 19.3 Å². The van der Waals surface area contributed by atoms with Gasteiger partial charge in [-0.05, 0) is 31.3 Å².